The molecule has 0 atom stereocenters. The lowest BCUT2D eigenvalue weighted by Crippen LogP contribution is -2.19. The Bertz CT molecular complexity index is 2120. The van der Waals surface area contributed by atoms with E-state index >= 15 is 0 Å². The molecule has 0 amide bonds. The van der Waals surface area contributed by atoms with Crippen molar-refractivity contribution in [1.82, 2.24) is 58.8 Å². The van der Waals surface area contributed by atoms with Crippen molar-refractivity contribution in [3.05, 3.63) is 0 Å². The van der Waals surface area contributed by atoms with Gasteiger partial charge in [0, 0.05) is 0 Å². The first-order valence-electron chi connectivity index (χ1n) is 54.4. The van der Waals surface area contributed by atoms with E-state index in [-0.39, 0.29) is 0 Å². The number of halogens is 6. The van der Waals surface area contributed by atoms with Gasteiger partial charge in [0.05, 0.1) is 0 Å². The molecule has 0 aromatic carbocycles. The number of unbranched alkanes of at least 4 members (excludes halogenated alkanes) is 12. The number of hydrogen-bond donors (Lipinski definition) is 12. The van der Waals surface area contributed by atoms with Crippen LogP contribution in [-0.2, 0) is 27.4 Å². The molecule has 0 unspecified atom stereocenters. The summed E-state index contributed by atoms with van der Waals surface area (Å²) in [6.45, 7) is 75.9. The molecular formula is C96H216F6N12O18P6. The zero-order chi connectivity index (χ0) is 105. The third-order valence-corrected chi connectivity index (χ3v) is 24.3. The summed E-state index contributed by atoms with van der Waals surface area (Å²) in [7, 11) is -30.8. The van der Waals surface area contributed by atoms with Crippen molar-refractivity contribution in [3.63, 3.8) is 0 Å². The van der Waals surface area contributed by atoms with Crippen LogP contribution in [0.15, 0.2) is 0 Å². The first-order valence-corrected chi connectivity index (χ1v) is 63.4. The molecule has 0 radical (unpaired) electrons. The molecule has 12 fully saturated rings. The molecule has 0 aromatic heterocycles. The van der Waals surface area contributed by atoms with E-state index < -0.39 is 47.4 Å². The van der Waals surface area contributed by atoms with Crippen molar-refractivity contribution in [1.29, 1.82) is 0 Å². The van der Waals surface area contributed by atoms with Gasteiger partial charge in [0.2, 0.25) is 0 Å². The van der Waals surface area contributed by atoms with Crippen LogP contribution in [0.5, 0.6) is 0 Å². The van der Waals surface area contributed by atoms with Crippen molar-refractivity contribution >= 4 is 47.4 Å². The van der Waals surface area contributed by atoms with Gasteiger partial charge in [-0.15, -0.1) is 25.2 Å². The SMILES string of the molecule is CCCCN1CCCC1.CCCCN1CCCC1.CCCCN1CCCC1.CCCCN1CCCC1.CCCCN1CCCC1.CCCCN1CCCC1.CCCCN1CCCC1.CCCCN1CCCC1.CCCCN1CCCC1.CCCCN1CCCC1.CCCCN1CCCC1.CCCCN1CCCC1.O=P(O)(O)F.O=P(O)(O)F.O=P(O)(O)F.O=P(O)(O)F.O=P(O)(O)F.O=P(O)(O)F. The van der Waals surface area contributed by atoms with E-state index in [2.05, 4.69) is 142 Å². The van der Waals surface area contributed by atoms with Gasteiger partial charge in [0.1, 0.15) is 0 Å². The summed E-state index contributed by atoms with van der Waals surface area (Å²) in [5.41, 5.74) is 0. The van der Waals surface area contributed by atoms with Crippen LogP contribution in [0.1, 0.15) is 391 Å². The molecule has 0 aliphatic carbocycles. The highest BCUT2D eigenvalue weighted by atomic mass is 31.2. The first kappa shape index (κ1) is 149. The quantitative estimate of drug-likeness (QED) is 0.0205. The van der Waals surface area contributed by atoms with Crippen LogP contribution in [0.4, 0.5) is 25.2 Å². The molecule has 138 heavy (non-hydrogen) atoms. The van der Waals surface area contributed by atoms with E-state index in [1.165, 1.54) is 544 Å². The van der Waals surface area contributed by atoms with Crippen molar-refractivity contribution in [2.45, 2.75) is 391 Å². The van der Waals surface area contributed by atoms with E-state index in [0.29, 0.717) is 0 Å². The molecule has 12 heterocycles. The van der Waals surface area contributed by atoms with Crippen LogP contribution >= 0.6 is 47.4 Å². The molecule has 30 nitrogen and oxygen atoms in total. The molecule has 0 saturated carbocycles. The fourth-order valence-electron chi connectivity index (χ4n) is 16.7. The van der Waals surface area contributed by atoms with E-state index in [4.69, 9.17) is 86.1 Å². The number of nitrogens with zero attached hydrogens (tertiary/aromatic N) is 12. The number of rotatable bonds is 36. The van der Waals surface area contributed by atoms with Crippen LogP contribution in [0.3, 0.4) is 0 Å². The number of likely N-dealkylation sites (tertiary alicyclic amines) is 12. The average Bonchev–Trinajstić information content (AvgIpc) is 1.92. The lowest BCUT2D eigenvalue weighted by Gasteiger charge is -2.12. The largest absolute Gasteiger partial charge is 0.507 e. The standard InChI is InChI=1S/12C8H17N.6FH2O3P/c12*1-2-3-6-9-7-4-5-8-9;6*1-5(2,3)4/h12*2-8H2,1H3;6*(H2,2,3,4). The Balaban J connectivity index is -0.000000336. The minimum atomic E-state index is -5.14. The van der Waals surface area contributed by atoms with Gasteiger partial charge < -0.3 is 58.8 Å². The van der Waals surface area contributed by atoms with E-state index in [1.807, 2.05) is 0 Å². The second-order valence-corrected chi connectivity index (χ2v) is 43.3. The van der Waals surface area contributed by atoms with Gasteiger partial charge in [0.15, 0.2) is 0 Å². The van der Waals surface area contributed by atoms with Crippen LogP contribution < -0.4 is 0 Å². The summed E-state index contributed by atoms with van der Waals surface area (Å²) in [5.74, 6) is 0. The Kier molecular flexibility index (Phi) is 112. The highest BCUT2D eigenvalue weighted by Gasteiger charge is 2.19. The molecule has 12 aliphatic rings. The summed E-state index contributed by atoms with van der Waals surface area (Å²) < 4.78 is 114. The van der Waals surface area contributed by atoms with Crippen molar-refractivity contribution in [2.24, 2.45) is 0 Å². The minimum Gasteiger partial charge on any atom is -0.303 e. The van der Waals surface area contributed by atoms with Crippen LogP contribution in [0.2, 0.25) is 0 Å². The molecule has 12 aliphatic heterocycles. The summed E-state index contributed by atoms with van der Waals surface area (Å²) in [6.07, 6.45) is 67.2. The number of hydrogen-bond acceptors (Lipinski definition) is 18. The smallest absolute Gasteiger partial charge is 0.303 e. The first-order chi connectivity index (χ1) is 65.2. The van der Waals surface area contributed by atoms with Crippen LogP contribution in [-0.4, -0.2) is 353 Å². The Hall–Kier alpha value is -0.0000000000000000555. The Morgan fingerprint density at radius 2 is 0.181 bits per heavy atom. The van der Waals surface area contributed by atoms with Gasteiger partial charge in [-0.2, -0.15) is 0 Å². The Labute approximate surface area is 840 Å². The maximum absolute atomic E-state index is 10.4. The lowest BCUT2D eigenvalue weighted by molar-refractivity contribution is 0.320. The third-order valence-electron chi connectivity index (χ3n) is 24.3. The van der Waals surface area contributed by atoms with E-state index in [1.54, 1.807) is 0 Å². The molecule has 0 spiro atoms. The predicted octanol–water partition coefficient (Wildman–Crippen LogP) is 22.9. The summed E-state index contributed by atoms with van der Waals surface area (Å²) in [6, 6.07) is 0. The van der Waals surface area contributed by atoms with Crippen LogP contribution in [0.25, 0.3) is 0 Å². The normalized spacial score (nSPS) is 19.0. The van der Waals surface area contributed by atoms with Crippen molar-refractivity contribution in [2.75, 3.05) is 236 Å². The van der Waals surface area contributed by atoms with Gasteiger partial charge in [-0.05, 0) is 467 Å². The fraction of sp³-hybridized carbons (Fsp3) is 1.00. The molecule has 12 N–H and O–H groups in total. The van der Waals surface area contributed by atoms with Crippen molar-refractivity contribution < 1.29 is 111 Å². The van der Waals surface area contributed by atoms with Gasteiger partial charge in [-0.25, -0.2) is 27.4 Å². The molecule has 0 aromatic rings. The molecule has 0 bridgehead atoms. The maximum atomic E-state index is 10.4. The van der Waals surface area contributed by atoms with Gasteiger partial charge in [0.25, 0.3) is 0 Å². The predicted molar refractivity (Wildman–Crippen MR) is 566 cm³/mol. The average molecular weight is 2130 g/mol. The molecular weight excluding hydrogens is 1910 g/mol. The summed E-state index contributed by atoms with van der Waals surface area (Å²) in [4.78, 5) is 114. The third kappa shape index (κ3) is 142. The molecule has 12 saturated heterocycles. The lowest BCUT2D eigenvalue weighted by atomic mass is 10.3. The van der Waals surface area contributed by atoms with Gasteiger partial charge in [-0.1, -0.05) is 160 Å². The maximum Gasteiger partial charge on any atom is 0.507 e. The second-order valence-electron chi connectivity index (χ2n) is 37.7. The van der Waals surface area contributed by atoms with Gasteiger partial charge in [-0.3, -0.25) is 58.7 Å². The van der Waals surface area contributed by atoms with Crippen molar-refractivity contribution in [3.8, 4) is 0 Å². The Morgan fingerprint density at radius 1 is 0.138 bits per heavy atom. The zero-order valence-electron chi connectivity index (χ0n) is 89.5. The molecule has 12 rings (SSSR count). The molecule has 840 valence electrons. The van der Waals surface area contributed by atoms with Gasteiger partial charge >= 0.3 is 47.4 Å². The fourth-order valence-corrected chi connectivity index (χ4v) is 16.7. The zero-order valence-corrected chi connectivity index (χ0v) is 94.9. The second kappa shape index (κ2) is 104. The Morgan fingerprint density at radius 3 is 0.217 bits per heavy atom. The highest BCUT2D eigenvalue weighted by Crippen LogP contribution is 2.38. The van der Waals surface area contributed by atoms with E-state index in [0.717, 1.165) is 0 Å². The highest BCUT2D eigenvalue weighted by molar-refractivity contribution is 7.47. The summed E-state index contributed by atoms with van der Waals surface area (Å²) >= 11 is 0. The van der Waals surface area contributed by atoms with E-state index in [9.17, 15) is 25.2 Å². The summed E-state index contributed by atoms with van der Waals surface area (Å²) in [5, 5.41) is 0. The monoisotopic (exact) mass is 2130 g/mol. The molecule has 42 heteroatoms. The van der Waals surface area contributed by atoms with Crippen LogP contribution in [0, 0.1) is 0 Å². The topological polar surface area (TPSA) is 384 Å². The minimum absolute atomic E-state index is 1.34.